The molecular formula is C9H8F2O3. The van der Waals surface area contributed by atoms with E-state index in [-0.39, 0.29) is 24.7 Å². The van der Waals surface area contributed by atoms with Crippen LogP contribution in [0.25, 0.3) is 0 Å². The van der Waals surface area contributed by atoms with E-state index >= 15 is 0 Å². The lowest BCUT2D eigenvalue weighted by atomic mass is 10.2. The van der Waals surface area contributed by atoms with Crippen molar-refractivity contribution in [2.45, 2.75) is 6.10 Å². The summed E-state index contributed by atoms with van der Waals surface area (Å²) in [7, 11) is 0. The molecule has 1 aliphatic heterocycles. The molecule has 0 bridgehead atoms. The van der Waals surface area contributed by atoms with Crippen LogP contribution in [0.5, 0.6) is 11.5 Å². The van der Waals surface area contributed by atoms with Gasteiger partial charge in [0.05, 0.1) is 6.61 Å². The van der Waals surface area contributed by atoms with E-state index in [9.17, 15) is 8.78 Å². The zero-order chi connectivity index (χ0) is 10.1. The van der Waals surface area contributed by atoms with Crippen LogP contribution in [0.15, 0.2) is 12.1 Å². The van der Waals surface area contributed by atoms with Gasteiger partial charge in [-0.05, 0) is 0 Å². The number of rotatable bonds is 1. The van der Waals surface area contributed by atoms with Crippen LogP contribution in [0, 0.1) is 11.6 Å². The predicted octanol–water partition coefficient (Wildman–Crippen LogP) is 1.10. The molecule has 5 heteroatoms. The van der Waals surface area contributed by atoms with Gasteiger partial charge in [-0.3, -0.25) is 0 Å². The van der Waals surface area contributed by atoms with Gasteiger partial charge in [-0.15, -0.1) is 0 Å². The number of aliphatic hydroxyl groups excluding tert-OH is 1. The zero-order valence-electron chi connectivity index (χ0n) is 7.17. The van der Waals surface area contributed by atoms with Crippen molar-refractivity contribution >= 4 is 0 Å². The first-order valence-corrected chi connectivity index (χ1v) is 4.10. The Labute approximate surface area is 78.9 Å². The molecule has 1 aliphatic rings. The second-order valence-corrected chi connectivity index (χ2v) is 2.95. The summed E-state index contributed by atoms with van der Waals surface area (Å²) in [6, 6.07) is 1.75. The van der Waals surface area contributed by atoms with Gasteiger partial charge >= 0.3 is 0 Å². The number of halogens is 2. The molecule has 1 heterocycles. The fourth-order valence-corrected chi connectivity index (χ4v) is 1.24. The van der Waals surface area contributed by atoms with Crippen molar-refractivity contribution in [1.82, 2.24) is 0 Å². The Morgan fingerprint density at radius 2 is 2.21 bits per heavy atom. The van der Waals surface area contributed by atoms with Gasteiger partial charge < -0.3 is 14.6 Å². The molecule has 2 rings (SSSR count). The minimum atomic E-state index is -0.795. The third kappa shape index (κ3) is 1.50. The van der Waals surface area contributed by atoms with E-state index in [1.165, 1.54) is 0 Å². The second kappa shape index (κ2) is 3.42. The molecule has 3 nitrogen and oxygen atoms in total. The summed E-state index contributed by atoms with van der Waals surface area (Å²) in [6.45, 7) is -0.191. The van der Waals surface area contributed by atoms with Gasteiger partial charge in [-0.1, -0.05) is 0 Å². The van der Waals surface area contributed by atoms with Crippen LogP contribution < -0.4 is 9.47 Å². The van der Waals surface area contributed by atoms with Gasteiger partial charge in [-0.25, -0.2) is 8.78 Å². The highest BCUT2D eigenvalue weighted by Crippen LogP contribution is 2.34. The number of hydrogen-bond acceptors (Lipinski definition) is 3. The van der Waals surface area contributed by atoms with Crippen molar-refractivity contribution in [2.75, 3.05) is 13.2 Å². The molecule has 0 amide bonds. The van der Waals surface area contributed by atoms with Gasteiger partial charge in [0, 0.05) is 12.1 Å². The lowest BCUT2D eigenvalue weighted by Gasteiger charge is -2.25. The largest absolute Gasteiger partial charge is 0.483 e. The fraction of sp³-hybridized carbons (Fsp3) is 0.333. The highest BCUT2D eigenvalue weighted by Gasteiger charge is 2.24. The normalized spacial score (nSPS) is 19.5. The van der Waals surface area contributed by atoms with Crippen molar-refractivity contribution in [3.63, 3.8) is 0 Å². The van der Waals surface area contributed by atoms with Gasteiger partial charge in [0.15, 0.2) is 23.4 Å². The summed E-state index contributed by atoms with van der Waals surface area (Å²) < 4.78 is 35.9. The average molecular weight is 202 g/mol. The topological polar surface area (TPSA) is 38.7 Å². The SMILES string of the molecule is OCC1COc2c(F)cc(F)cc2O1. The molecule has 1 atom stereocenters. The molecule has 0 radical (unpaired) electrons. The molecule has 76 valence electrons. The summed E-state index contributed by atoms with van der Waals surface area (Å²) in [6.07, 6.45) is -0.566. The summed E-state index contributed by atoms with van der Waals surface area (Å²) in [5.41, 5.74) is 0. The number of benzene rings is 1. The molecule has 0 aromatic heterocycles. The summed E-state index contributed by atoms with van der Waals surface area (Å²) >= 11 is 0. The van der Waals surface area contributed by atoms with Gasteiger partial charge in [0.1, 0.15) is 12.4 Å². The number of aliphatic hydroxyl groups is 1. The highest BCUT2D eigenvalue weighted by atomic mass is 19.1. The number of fused-ring (bicyclic) bond motifs is 1. The molecule has 0 saturated heterocycles. The maximum Gasteiger partial charge on any atom is 0.197 e. The van der Waals surface area contributed by atoms with Gasteiger partial charge in [0.2, 0.25) is 0 Å². The highest BCUT2D eigenvalue weighted by molar-refractivity contribution is 5.42. The molecule has 1 aromatic rings. The quantitative estimate of drug-likeness (QED) is 0.741. The Hall–Kier alpha value is -1.36. The van der Waals surface area contributed by atoms with Gasteiger partial charge in [0.25, 0.3) is 0 Å². The minimum absolute atomic E-state index is 0.00667. The molecule has 1 aromatic carbocycles. The number of ether oxygens (including phenoxy) is 2. The van der Waals surface area contributed by atoms with E-state index in [1.54, 1.807) is 0 Å². The van der Waals surface area contributed by atoms with Crippen LogP contribution >= 0.6 is 0 Å². The smallest absolute Gasteiger partial charge is 0.197 e. The first-order chi connectivity index (χ1) is 6.70. The zero-order valence-corrected chi connectivity index (χ0v) is 7.17. The maximum absolute atomic E-state index is 13.1. The summed E-state index contributed by atoms with van der Waals surface area (Å²) in [4.78, 5) is 0. The lowest BCUT2D eigenvalue weighted by molar-refractivity contribution is 0.0424. The van der Waals surface area contributed by atoms with Gasteiger partial charge in [-0.2, -0.15) is 0 Å². The monoisotopic (exact) mass is 202 g/mol. The van der Waals surface area contributed by atoms with Crippen LogP contribution in [-0.4, -0.2) is 24.4 Å². The Morgan fingerprint density at radius 3 is 2.93 bits per heavy atom. The second-order valence-electron chi connectivity index (χ2n) is 2.95. The predicted molar refractivity (Wildman–Crippen MR) is 43.4 cm³/mol. The molecule has 0 fully saturated rings. The first-order valence-electron chi connectivity index (χ1n) is 4.10. The van der Waals surface area contributed by atoms with E-state index in [0.717, 1.165) is 12.1 Å². The Bertz CT molecular complexity index is 354. The minimum Gasteiger partial charge on any atom is -0.483 e. The standard InChI is InChI=1S/C9H8F2O3/c10-5-1-7(11)9-8(2-5)14-6(3-12)4-13-9/h1-2,6,12H,3-4H2. The molecule has 0 spiro atoms. The molecular weight excluding hydrogens is 194 g/mol. The van der Waals surface area contributed by atoms with Crippen LogP contribution in [0.1, 0.15) is 0 Å². The van der Waals surface area contributed by atoms with Crippen molar-refractivity contribution in [1.29, 1.82) is 0 Å². The van der Waals surface area contributed by atoms with E-state index in [0.29, 0.717) is 0 Å². The Balaban J connectivity index is 2.37. The fourth-order valence-electron chi connectivity index (χ4n) is 1.24. The molecule has 0 saturated carbocycles. The van der Waals surface area contributed by atoms with Crippen LogP contribution in [0.3, 0.4) is 0 Å². The van der Waals surface area contributed by atoms with E-state index in [4.69, 9.17) is 14.6 Å². The molecule has 1 N–H and O–H groups in total. The molecule has 14 heavy (non-hydrogen) atoms. The Morgan fingerprint density at radius 1 is 1.43 bits per heavy atom. The van der Waals surface area contributed by atoms with E-state index in [2.05, 4.69) is 0 Å². The lowest BCUT2D eigenvalue weighted by Crippen LogP contribution is -2.32. The summed E-state index contributed by atoms with van der Waals surface area (Å²) in [5, 5.41) is 8.76. The molecule has 0 aliphatic carbocycles. The number of hydrogen-bond donors (Lipinski definition) is 1. The van der Waals surface area contributed by atoms with Crippen molar-refractivity contribution in [3.8, 4) is 11.5 Å². The summed E-state index contributed by atoms with van der Waals surface area (Å²) in [5.74, 6) is -1.64. The van der Waals surface area contributed by atoms with Crippen LogP contribution in [0.2, 0.25) is 0 Å². The van der Waals surface area contributed by atoms with E-state index in [1.807, 2.05) is 0 Å². The van der Waals surface area contributed by atoms with Crippen LogP contribution in [-0.2, 0) is 0 Å². The Kier molecular flexibility index (Phi) is 2.25. The first kappa shape index (κ1) is 9.21. The van der Waals surface area contributed by atoms with E-state index < -0.39 is 17.7 Å². The van der Waals surface area contributed by atoms with Crippen molar-refractivity contribution in [2.24, 2.45) is 0 Å². The average Bonchev–Trinajstić information content (AvgIpc) is 2.16. The third-order valence-electron chi connectivity index (χ3n) is 1.89. The third-order valence-corrected chi connectivity index (χ3v) is 1.89. The molecule has 1 unspecified atom stereocenters. The van der Waals surface area contributed by atoms with Crippen molar-refractivity contribution in [3.05, 3.63) is 23.8 Å². The maximum atomic E-state index is 13.1. The van der Waals surface area contributed by atoms with Crippen LogP contribution in [0.4, 0.5) is 8.78 Å². The van der Waals surface area contributed by atoms with Crippen molar-refractivity contribution < 1.29 is 23.4 Å².